The van der Waals surface area contributed by atoms with E-state index in [2.05, 4.69) is 0 Å². The quantitative estimate of drug-likeness (QED) is 0.830. The van der Waals surface area contributed by atoms with Gasteiger partial charge in [-0.2, -0.15) is 0 Å². The minimum absolute atomic E-state index is 0.174. The Morgan fingerprint density at radius 2 is 2.07 bits per heavy atom. The van der Waals surface area contributed by atoms with Gasteiger partial charge in [-0.15, -0.1) is 0 Å². The number of halogens is 1. The summed E-state index contributed by atoms with van der Waals surface area (Å²) in [6.45, 7) is 4.48. The number of rotatable bonds is 4. The minimum atomic E-state index is -0.206. The molecule has 0 aliphatic rings. The average Bonchev–Trinajstić information content (AvgIpc) is 2.20. The van der Waals surface area contributed by atoms with Crippen molar-refractivity contribution in [3.63, 3.8) is 0 Å². The molecule has 2 nitrogen and oxygen atoms in total. The van der Waals surface area contributed by atoms with E-state index >= 15 is 0 Å². The summed E-state index contributed by atoms with van der Waals surface area (Å²) >= 11 is 0. The van der Waals surface area contributed by atoms with Crippen LogP contribution in [0.5, 0.6) is 5.75 Å². The molecule has 0 aromatic heterocycles. The Bertz CT molecular complexity index is 337. The molecule has 0 radical (unpaired) electrons. The van der Waals surface area contributed by atoms with E-state index in [1.165, 1.54) is 6.07 Å². The molecule has 0 fully saturated rings. The van der Waals surface area contributed by atoms with Gasteiger partial charge in [-0.3, -0.25) is 0 Å². The summed E-state index contributed by atoms with van der Waals surface area (Å²) in [7, 11) is 1.55. The van der Waals surface area contributed by atoms with Crippen LogP contribution in [0, 0.1) is 5.82 Å². The largest absolute Gasteiger partial charge is 0.496 e. The van der Waals surface area contributed by atoms with Gasteiger partial charge < -0.3 is 10.5 Å². The Kier molecular flexibility index (Phi) is 4.09. The van der Waals surface area contributed by atoms with E-state index in [-0.39, 0.29) is 11.7 Å². The summed E-state index contributed by atoms with van der Waals surface area (Å²) in [5, 5.41) is 0. The van der Waals surface area contributed by atoms with Crippen molar-refractivity contribution in [3.05, 3.63) is 29.1 Å². The van der Waals surface area contributed by atoms with Crippen molar-refractivity contribution in [1.82, 2.24) is 0 Å². The number of benzene rings is 1. The van der Waals surface area contributed by atoms with Crippen molar-refractivity contribution < 1.29 is 9.13 Å². The predicted octanol–water partition coefficient (Wildman–Crippen LogP) is 2.46. The van der Waals surface area contributed by atoms with E-state index < -0.39 is 0 Å². The third-order valence-corrected chi connectivity index (χ3v) is 2.44. The van der Waals surface area contributed by atoms with E-state index in [1.807, 2.05) is 19.9 Å². The van der Waals surface area contributed by atoms with Crippen LogP contribution < -0.4 is 10.5 Å². The first kappa shape index (κ1) is 12.0. The van der Waals surface area contributed by atoms with E-state index in [9.17, 15) is 4.39 Å². The van der Waals surface area contributed by atoms with Crippen LogP contribution in [0.3, 0.4) is 0 Å². The fourth-order valence-electron chi connectivity index (χ4n) is 1.60. The molecule has 1 aromatic carbocycles. The Balaban J connectivity index is 3.17. The van der Waals surface area contributed by atoms with Gasteiger partial charge in [0.1, 0.15) is 11.6 Å². The highest BCUT2D eigenvalue weighted by Crippen LogP contribution is 2.27. The van der Waals surface area contributed by atoms with Crippen LogP contribution in [-0.4, -0.2) is 13.7 Å². The summed E-state index contributed by atoms with van der Waals surface area (Å²) in [6, 6.07) is 3.30. The van der Waals surface area contributed by atoms with E-state index in [1.54, 1.807) is 7.11 Å². The lowest BCUT2D eigenvalue weighted by molar-refractivity contribution is 0.405. The molecule has 0 heterocycles. The number of hydrogen-bond acceptors (Lipinski definition) is 2. The van der Waals surface area contributed by atoms with Gasteiger partial charge in [-0.05, 0) is 36.1 Å². The van der Waals surface area contributed by atoms with Crippen molar-refractivity contribution in [2.45, 2.75) is 26.2 Å². The second-order valence-corrected chi connectivity index (χ2v) is 3.88. The third kappa shape index (κ3) is 2.69. The van der Waals surface area contributed by atoms with Crippen LogP contribution in [0.2, 0.25) is 0 Å². The normalized spacial score (nSPS) is 10.8. The highest BCUT2D eigenvalue weighted by atomic mass is 19.1. The third-order valence-electron chi connectivity index (χ3n) is 2.44. The lowest BCUT2D eigenvalue weighted by Crippen LogP contribution is -2.06. The van der Waals surface area contributed by atoms with Gasteiger partial charge in [0, 0.05) is 6.07 Å². The SMILES string of the molecule is COc1cc(F)c(C(C)C)cc1CCN. The maximum Gasteiger partial charge on any atom is 0.130 e. The van der Waals surface area contributed by atoms with Crippen molar-refractivity contribution >= 4 is 0 Å². The standard InChI is InChI=1S/C12H18FNO/c1-8(2)10-6-9(4-5-14)12(15-3)7-11(10)13/h6-8H,4-5,14H2,1-3H3. The summed E-state index contributed by atoms with van der Waals surface area (Å²) < 4.78 is 18.7. The summed E-state index contributed by atoms with van der Waals surface area (Å²) in [4.78, 5) is 0. The van der Waals surface area contributed by atoms with Crippen LogP contribution in [0.25, 0.3) is 0 Å². The van der Waals surface area contributed by atoms with Gasteiger partial charge in [-0.25, -0.2) is 4.39 Å². The van der Waals surface area contributed by atoms with Crippen LogP contribution in [-0.2, 0) is 6.42 Å². The van der Waals surface area contributed by atoms with E-state index in [4.69, 9.17) is 10.5 Å². The maximum absolute atomic E-state index is 13.6. The average molecular weight is 211 g/mol. The summed E-state index contributed by atoms with van der Waals surface area (Å²) in [6.07, 6.45) is 0.711. The predicted molar refractivity (Wildman–Crippen MR) is 59.8 cm³/mol. The lowest BCUT2D eigenvalue weighted by atomic mass is 9.98. The number of nitrogens with two attached hydrogens (primary N) is 1. The topological polar surface area (TPSA) is 35.2 Å². The van der Waals surface area contributed by atoms with E-state index in [0.29, 0.717) is 18.7 Å². The fourth-order valence-corrected chi connectivity index (χ4v) is 1.60. The molecule has 0 aliphatic carbocycles. The zero-order valence-corrected chi connectivity index (χ0v) is 9.51. The summed E-state index contributed by atoms with van der Waals surface area (Å²) in [5.74, 6) is 0.553. The van der Waals surface area contributed by atoms with Crippen molar-refractivity contribution in [1.29, 1.82) is 0 Å². The molecule has 3 heteroatoms. The molecule has 2 N–H and O–H groups in total. The Hall–Kier alpha value is -1.09. The smallest absolute Gasteiger partial charge is 0.130 e. The molecule has 84 valence electrons. The highest BCUT2D eigenvalue weighted by molar-refractivity contribution is 5.39. The van der Waals surface area contributed by atoms with Crippen molar-refractivity contribution in [2.24, 2.45) is 5.73 Å². The second-order valence-electron chi connectivity index (χ2n) is 3.88. The molecule has 0 atom stereocenters. The Morgan fingerprint density at radius 1 is 1.40 bits per heavy atom. The Labute approximate surface area is 90.2 Å². The minimum Gasteiger partial charge on any atom is -0.496 e. The van der Waals surface area contributed by atoms with Crippen LogP contribution in [0.1, 0.15) is 30.9 Å². The zero-order valence-electron chi connectivity index (χ0n) is 9.51. The molecule has 0 spiro atoms. The molecular weight excluding hydrogens is 193 g/mol. The van der Waals surface area contributed by atoms with Gasteiger partial charge in [0.05, 0.1) is 7.11 Å². The molecule has 0 saturated heterocycles. The molecule has 15 heavy (non-hydrogen) atoms. The number of ether oxygens (including phenoxy) is 1. The van der Waals surface area contributed by atoms with Crippen molar-refractivity contribution in [3.8, 4) is 5.75 Å². The number of hydrogen-bond donors (Lipinski definition) is 1. The monoisotopic (exact) mass is 211 g/mol. The van der Waals surface area contributed by atoms with Crippen LogP contribution in [0.4, 0.5) is 4.39 Å². The highest BCUT2D eigenvalue weighted by Gasteiger charge is 2.12. The van der Waals surface area contributed by atoms with Crippen molar-refractivity contribution in [2.75, 3.05) is 13.7 Å². The Morgan fingerprint density at radius 3 is 2.53 bits per heavy atom. The van der Waals surface area contributed by atoms with Crippen LogP contribution >= 0.6 is 0 Å². The van der Waals surface area contributed by atoms with E-state index in [0.717, 1.165) is 11.1 Å². The molecule has 1 aromatic rings. The molecule has 0 unspecified atom stereocenters. The molecule has 0 amide bonds. The summed E-state index contributed by atoms with van der Waals surface area (Å²) in [5.41, 5.74) is 7.20. The van der Waals surface area contributed by atoms with Gasteiger partial charge in [0.2, 0.25) is 0 Å². The second kappa shape index (κ2) is 5.12. The van der Waals surface area contributed by atoms with Gasteiger partial charge in [0.25, 0.3) is 0 Å². The van der Waals surface area contributed by atoms with Gasteiger partial charge in [0.15, 0.2) is 0 Å². The molecule has 0 aliphatic heterocycles. The first-order valence-corrected chi connectivity index (χ1v) is 5.16. The van der Waals surface area contributed by atoms with Gasteiger partial charge in [-0.1, -0.05) is 13.8 Å². The van der Waals surface area contributed by atoms with Crippen LogP contribution in [0.15, 0.2) is 12.1 Å². The molecule has 0 bridgehead atoms. The molecular formula is C12H18FNO. The van der Waals surface area contributed by atoms with Gasteiger partial charge >= 0.3 is 0 Å². The maximum atomic E-state index is 13.6. The zero-order chi connectivity index (χ0) is 11.4. The number of methoxy groups -OCH3 is 1. The first-order valence-electron chi connectivity index (χ1n) is 5.16. The first-order chi connectivity index (χ1) is 7.10. The molecule has 1 rings (SSSR count). The lowest BCUT2D eigenvalue weighted by Gasteiger charge is -2.13. The molecule has 0 saturated carbocycles. The fraction of sp³-hybridized carbons (Fsp3) is 0.500.